The number of carbonyl (C=O) groups is 1. The van der Waals surface area contributed by atoms with Crippen molar-refractivity contribution in [2.75, 3.05) is 11.0 Å². The van der Waals surface area contributed by atoms with Gasteiger partial charge in [-0.15, -0.1) is 0 Å². The van der Waals surface area contributed by atoms with Gasteiger partial charge < -0.3 is 10.5 Å². The van der Waals surface area contributed by atoms with Crippen molar-refractivity contribution in [3.05, 3.63) is 0 Å². The Morgan fingerprint density at radius 1 is 1.29 bits per heavy atom. The number of ether oxygens (including phenoxy) is 1. The third-order valence-electron chi connectivity index (χ3n) is 5.81. The van der Waals surface area contributed by atoms with Gasteiger partial charge in [0, 0.05) is 16.3 Å². The molecule has 4 bridgehead atoms. The smallest absolute Gasteiger partial charge is 0.328 e. The van der Waals surface area contributed by atoms with Gasteiger partial charge in [-0.25, -0.2) is 4.79 Å². The molecule has 4 nitrogen and oxygen atoms in total. The predicted molar refractivity (Wildman–Crippen MR) is 91.0 cm³/mol. The first kappa shape index (κ1) is 16.0. The van der Waals surface area contributed by atoms with Gasteiger partial charge in [-0.05, 0) is 57.4 Å². The van der Waals surface area contributed by atoms with Crippen molar-refractivity contribution in [3.8, 4) is 0 Å². The van der Waals surface area contributed by atoms with Crippen LogP contribution in [-0.4, -0.2) is 28.2 Å². The first-order valence-electron chi connectivity index (χ1n) is 8.24. The first-order chi connectivity index (χ1) is 9.91. The molecule has 0 aromatic heterocycles. The lowest BCUT2D eigenvalue weighted by molar-refractivity contribution is -0.224. The highest BCUT2D eigenvalue weighted by Crippen LogP contribution is 2.58. The molecule has 0 aromatic rings. The van der Waals surface area contributed by atoms with E-state index < -0.39 is 11.3 Å². The van der Waals surface area contributed by atoms with Crippen LogP contribution in [0.3, 0.4) is 0 Å². The molecule has 4 aliphatic rings. The second kappa shape index (κ2) is 5.64. The Labute approximate surface area is 141 Å². The lowest BCUT2D eigenvalue weighted by atomic mass is 9.52. The SMILES string of the molecule is CCNC1(OC(=O)C(C)(N)CI)C2CC3CC(C2)CC1C3. The largest absolute Gasteiger partial charge is 0.442 e. The van der Waals surface area contributed by atoms with Crippen LogP contribution in [-0.2, 0) is 9.53 Å². The van der Waals surface area contributed by atoms with Crippen molar-refractivity contribution in [1.82, 2.24) is 5.32 Å². The van der Waals surface area contributed by atoms with Crippen molar-refractivity contribution in [2.24, 2.45) is 29.4 Å². The second-order valence-corrected chi connectivity index (χ2v) is 8.33. The van der Waals surface area contributed by atoms with E-state index in [4.69, 9.17) is 10.5 Å². The van der Waals surface area contributed by atoms with Gasteiger partial charge in [0.1, 0.15) is 5.54 Å². The molecule has 0 aromatic carbocycles. The van der Waals surface area contributed by atoms with Crippen LogP contribution in [0.5, 0.6) is 0 Å². The summed E-state index contributed by atoms with van der Waals surface area (Å²) in [6.07, 6.45) is 6.22. The van der Waals surface area contributed by atoms with Gasteiger partial charge in [0.25, 0.3) is 0 Å². The third-order valence-corrected chi connectivity index (χ3v) is 7.39. The molecule has 4 saturated carbocycles. The van der Waals surface area contributed by atoms with Crippen molar-refractivity contribution in [3.63, 3.8) is 0 Å². The number of carbonyl (C=O) groups excluding carboxylic acids is 1. The van der Waals surface area contributed by atoms with Crippen LogP contribution in [0.15, 0.2) is 0 Å². The van der Waals surface area contributed by atoms with Gasteiger partial charge in [0.05, 0.1) is 0 Å². The number of halogens is 1. The highest BCUT2D eigenvalue weighted by molar-refractivity contribution is 14.1. The zero-order chi connectivity index (χ0) is 15.3. The fourth-order valence-corrected chi connectivity index (χ4v) is 5.29. The topological polar surface area (TPSA) is 64.3 Å². The minimum Gasteiger partial charge on any atom is -0.442 e. The van der Waals surface area contributed by atoms with Gasteiger partial charge in [-0.1, -0.05) is 29.5 Å². The van der Waals surface area contributed by atoms with Crippen molar-refractivity contribution < 1.29 is 9.53 Å². The number of nitrogens with one attached hydrogen (secondary N) is 1. The monoisotopic (exact) mass is 406 g/mol. The number of rotatable bonds is 5. The summed E-state index contributed by atoms with van der Waals surface area (Å²) in [5.74, 6) is 2.41. The molecule has 3 N–H and O–H groups in total. The maximum absolute atomic E-state index is 12.6. The molecule has 120 valence electrons. The first-order valence-corrected chi connectivity index (χ1v) is 9.77. The van der Waals surface area contributed by atoms with E-state index in [1.54, 1.807) is 6.92 Å². The molecule has 0 amide bonds. The number of esters is 1. The maximum atomic E-state index is 12.6. The molecule has 4 rings (SSSR count). The van der Waals surface area contributed by atoms with E-state index in [2.05, 4.69) is 34.8 Å². The van der Waals surface area contributed by atoms with Crippen LogP contribution >= 0.6 is 22.6 Å². The highest BCUT2D eigenvalue weighted by Gasteiger charge is 2.60. The average Bonchev–Trinajstić information content (AvgIpc) is 2.43. The molecule has 1 unspecified atom stereocenters. The van der Waals surface area contributed by atoms with Gasteiger partial charge in [-0.3, -0.25) is 5.32 Å². The molecule has 0 saturated heterocycles. The van der Waals surface area contributed by atoms with Crippen LogP contribution in [0.4, 0.5) is 0 Å². The van der Waals surface area contributed by atoms with Crippen LogP contribution in [0.2, 0.25) is 0 Å². The van der Waals surface area contributed by atoms with E-state index in [-0.39, 0.29) is 5.97 Å². The zero-order valence-electron chi connectivity index (χ0n) is 13.0. The Morgan fingerprint density at radius 3 is 2.24 bits per heavy atom. The van der Waals surface area contributed by atoms with E-state index in [1.807, 2.05) is 0 Å². The minimum absolute atomic E-state index is 0.245. The van der Waals surface area contributed by atoms with E-state index in [0.717, 1.165) is 18.4 Å². The molecule has 0 aliphatic heterocycles. The predicted octanol–water partition coefficient (Wildman–Crippen LogP) is 2.44. The Hall–Kier alpha value is 0.120. The fraction of sp³-hybridized carbons (Fsp3) is 0.938. The average molecular weight is 406 g/mol. The summed E-state index contributed by atoms with van der Waals surface area (Å²) in [4.78, 5) is 12.6. The zero-order valence-corrected chi connectivity index (χ0v) is 15.2. The molecule has 0 heterocycles. The lowest BCUT2D eigenvalue weighted by Crippen LogP contribution is -2.68. The Morgan fingerprint density at radius 2 is 1.81 bits per heavy atom. The summed E-state index contributed by atoms with van der Waals surface area (Å²) in [7, 11) is 0. The molecule has 0 spiro atoms. The van der Waals surface area contributed by atoms with E-state index >= 15 is 0 Å². The van der Waals surface area contributed by atoms with Gasteiger partial charge >= 0.3 is 5.97 Å². The van der Waals surface area contributed by atoms with E-state index in [0.29, 0.717) is 16.3 Å². The number of alkyl halides is 1. The van der Waals surface area contributed by atoms with Crippen LogP contribution < -0.4 is 11.1 Å². The minimum atomic E-state index is -0.891. The summed E-state index contributed by atoms with van der Waals surface area (Å²) >= 11 is 2.16. The van der Waals surface area contributed by atoms with Gasteiger partial charge in [0.15, 0.2) is 5.72 Å². The summed E-state index contributed by atoms with van der Waals surface area (Å²) < 4.78 is 6.71. The van der Waals surface area contributed by atoms with Gasteiger partial charge in [0.2, 0.25) is 0 Å². The van der Waals surface area contributed by atoms with Crippen molar-refractivity contribution in [1.29, 1.82) is 0 Å². The van der Waals surface area contributed by atoms with E-state index in [9.17, 15) is 4.79 Å². The Balaban J connectivity index is 1.85. The van der Waals surface area contributed by atoms with Crippen LogP contribution in [0.1, 0.15) is 46.0 Å². The lowest BCUT2D eigenvalue weighted by Gasteiger charge is -2.60. The summed E-state index contributed by atoms with van der Waals surface area (Å²) in [6, 6.07) is 0. The summed E-state index contributed by atoms with van der Waals surface area (Å²) in [5, 5.41) is 3.57. The Kier molecular flexibility index (Phi) is 4.29. The normalized spacial score (nSPS) is 43.6. The Bertz CT molecular complexity index is 397. The number of hydrogen-bond acceptors (Lipinski definition) is 4. The summed E-state index contributed by atoms with van der Waals surface area (Å²) in [5.41, 5.74) is 4.76. The van der Waals surface area contributed by atoms with Crippen LogP contribution in [0.25, 0.3) is 0 Å². The number of hydrogen-bond donors (Lipinski definition) is 2. The fourth-order valence-electron chi connectivity index (χ4n) is 4.98. The molecular weight excluding hydrogens is 379 g/mol. The highest BCUT2D eigenvalue weighted by atomic mass is 127. The standard InChI is InChI=1S/C16H27IN2O2/c1-3-19-16(21-14(20)15(2,18)9-17)12-5-10-4-11(7-12)8-13(16)6-10/h10-13,19H,3-9,18H2,1-2H3. The molecule has 0 radical (unpaired) electrons. The van der Waals surface area contributed by atoms with Crippen molar-refractivity contribution in [2.45, 2.75) is 57.2 Å². The molecule has 4 fully saturated rings. The third kappa shape index (κ3) is 2.63. The van der Waals surface area contributed by atoms with Crippen LogP contribution in [0, 0.1) is 23.7 Å². The van der Waals surface area contributed by atoms with E-state index in [1.165, 1.54) is 32.1 Å². The molecule has 1 atom stereocenters. The summed E-state index contributed by atoms with van der Waals surface area (Å²) in [6.45, 7) is 4.71. The molecule has 5 heteroatoms. The van der Waals surface area contributed by atoms with Crippen molar-refractivity contribution >= 4 is 28.6 Å². The maximum Gasteiger partial charge on any atom is 0.328 e. The number of nitrogens with two attached hydrogens (primary N) is 1. The molecule has 4 aliphatic carbocycles. The molecular formula is C16H27IN2O2. The molecule has 21 heavy (non-hydrogen) atoms. The second-order valence-electron chi connectivity index (χ2n) is 7.57. The van der Waals surface area contributed by atoms with Gasteiger partial charge in [-0.2, -0.15) is 0 Å². The quantitative estimate of drug-likeness (QED) is 0.319.